The molecule has 0 unspecified atom stereocenters. The average molecular weight is 306 g/mol. The first-order chi connectivity index (χ1) is 10.4. The van der Waals surface area contributed by atoms with Crippen LogP contribution in [-0.4, -0.2) is 21.3 Å². The van der Waals surface area contributed by atoms with Crippen molar-refractivity contribution in [1.29, 1.82) is 0 Å². The molecule has 1 amide bonds. The van der Waals surface area contributed by atoms with Gasteiger partial charge in [0, 0.05) is 11.3 Å². The molecule has 0 aliphatic carbocycles. The number of halogens is 3. The SMILES string of the molecule is O=C(Nc1cccc(C(F)(F)F)c1)c1ccc2n[nH]nc2c1. The quantitative estimate of drug-likeness (QED) is 0.763. The van der Waals surface area contributed by atoms with Crippen molar-refractivity contribution in [3.8, 4) is 0 Å². The van der Waals surface area contributed by atoms with Crippen LogP contribution in [0, 0.1) is 0 Å². The summed E-state index contributed by atoms with van der Waals surface area (Å²) in [4.78, 5) is 12.1. The van der Waals surface area contributed by atoms with E-state index in [1.165, 1.54) is 24.3 Å². The molecule has 112 valence electrons. The van der Waals surface area contributed by atoms with E-state index in [0.717, 1.165) is 12.1 Å². The van der Waals surface area contributed by atoms with Crippen LogP contribution in [0.5, 0.6) is 0 Å². The number of benzene rings is 2. The van der Waals surface area contributed by atoms with Gasteiger partial charge < -0.3 is 5.32 Å². The first kappa shape index (κ1) is 14.1. The van der Waals surface area contributed by atoms with Gasteiger partial charge in [-0.25, -0.2) is 0 Å². The standard InChI is InChI=1S/C14H9F3N4O/c15-14(16,17)9-2-1-3-10(7-9)18-13(22)8-4-5-11-12(6-8)20-21-19-11/h1-7H,(H,18,22)(H,19,20,21). The molecule has 0 bridgehead atoms. The van der Waals surface area contributed by atoms with Crippen LogP contribution < -0.4 is 5.32 Å². The van der Waals surface area contributed by atoms with Crippen LogP contribution in [0.25, 0.3) is 11.0 Å². The first-order valence-electron chi connectivity index (χ1n) is 6.22. The highest BCUT2D eigenvalue weighted by Gasteiger charge is 2.30. The summed E-state index contributed by atoms with van der Waals surface area (Å²) in [6, 6.07) is 9.07. The van der Waals surface area contributed by atoms with Crippen LogP contribution in [-0.2, 0) is 6.18 Å². The second-order valence-electron chi connectivity index (χ2n) is 4.56. The van der Waals surface area contributed by atoms with Crippen molar-refractivity contribution in [3.63, 3.8) is 0 Å². The molecule has 22 heavy (non-hydrogen) atoms. The Hall–Kier alpha value is -2.90. The van der Waals surface area contributed by atoms with Gasteiger partial charge in [0.15, 0.2) is 0 Å². The summed E-state index contributed by atoms with van der Waals surface area (Å²) in [6.07, 6.45) is -4.46. The number of carbonyl (C=O) groups is 1. The van der Waals surface area contributed by atoms with Gasteiger partial charge in [-0.3, -0.25) is 4.79 Å². The highest BCUT2D eigenvalue weighted by molar-refractivity contribution is 6.05. The lowest BCUT2D eigenvalue weighted by Crippen LogP contribution is -2.13. The third kappa shape index (κ3) is 2.76. The Morgan fingerprint density at radius 1 is 1.05 bits per heavy atom. The number of aromatic nitrogens is 3. The summed E-state index contributed by atoms with van der Waals surface area (Å²) in [6.45, 7) is 0. The molecule has 2 aromatic carbocycles. The Kier molecular flexibility index (Phi) is 3.28. The lowest BCUT2D eigenvalue weighted by molar-refractivity contribution is -0.137. The fraction of sp³-hybridized carbons (Fsp3) is 0.0714. The monoisotopic (exact) mass is 306 g/mol. The highest BCUT2D eigenvalue weighted by Crippen LogP contribution is 2.30. The molecule has 3 aromatic rings. The van der Waals surface area contributed by atoms with Gasteiger partial charge in [0.1, 0.15) is 11.0 Å². The molecule has 8 heteroatoms. The topological polar surface area (TPSA) is 70.7 Å². The number of aromatic amines is 1. The molecule has 0 atom stereocenters. The van der Waals surface area contributed by atoms with E-state index in [1.54, 1.807) is 6.07 Å². The van der Waals surface area contributed by atoms with E-state index >= 15 is 0 Å². The maximum absolute atomic E-state index is 12.6. The largest absolute Gasteiger partial charge is 0.416 e. The van der Waals surface area contributed by atoms with Gasteiger partial charge in [-0.1, -0.05) is 6.07 Å². The maximum Gasteiger partial charge on any atom is 0.416 e. The van der Waals surface area contributed by atoms with Crippen molar-refractivity contribution in [3.05, 3.63) is 53.6 Å². The molecule has 0 aliphatic heterocycles. The number of carbonyl (C=O) groups excluding carboxylic acids is 1. The Labute approximate surface area is 122 Å². The number of nitrogens with one attached hydrogen (secondary N) is 2. The van der Waals surface area contributed by atoms with Gasteiger partial charge in [0.2, 0.25) is 0 Å². The van der Waals surface area contributed by atoms with E-state index in [-0.39, 0.29) is 11.3 Å². The lowest BCUT2D eigenvalue weighted by Gasteiger charge is -2.09. The number of amides is 1. The molecule has 3 rings (SSSR count). The molecule has 0 fully saturated rings. The number of hydrogen-bond donors (Lipinski definition) is 2. The second kappa shape index (κ2) is 5.14. The van der Waals surface area contributed by atoms with Crippen LogP contribution in [0.2, 0.25) is 0 Å². The van der Waals surface area contributed by atoms with Crippen LogP contribution in [0.15, 0.2) is 42.5 Å². The molecule has 0 radical (unpaired) electrons. The number of nitrogens with zero attached hydrogens (tertiary/aromatic N) is 2. The highest BCUT2D eigenvalue weighted by atomic mass is 19.4. The van der Waals surface area contributed by atoms with Crippen LogP contribution >= 0.6 is 0 Å². The lowest BCUT2D eigenvalue weighted by atomic mass is 10.1. The zero-order valence-electron chi connectivity index (χ0n) is 11.0. The van der Waals surface area contributed by atoms with Crippen molar-refractivity contribution < 1.29 is 18.0 Å². The minimum atomic E-state index is -4.46. The maximum atomic E-state index is 12.6. The Balaban J connectivity index is 1.84. The minimum Gasteiger partial charge on any atom is -0.322 e. The third-order valence-electron chi connectivity index (χ3n) is 3.03. The summed E-state index contributed by atoms with van der Waals surface area (Å²) >= 11 is 0. The summed E-state index contributed by atoms with van der Waals surface area (Å²) in [5.74, 6) is -0.524. The molecular formula is C14H9F3N4O. The number of fused-ring (bicyclic) bond motifs is 1. The normalized spacial score (nSPS) is 11.6. The van der Waals surface area contributed by atoms with E-state index < -0.39 is 17.6 Å². The predicted octanol–water partition coefficient (Wildman–Crippen LogP) is 3.23. The number of H-pyrrole nitrogens is 1. The van der Waals surface area contributed by atoms with Gasteiger partial charge in [-0.15, -0.1) is 0 Å². The van der Waals surface area contributed by atoms with E-state index in [1.807, 2.05) is 0 Å². The molecular weight excluding hydrogens is 297 g/mol. The molecule has 1 aromatic heterocycles. The zero-order valence-corrected chi connectivity index (χ0v) is 11.0. The Morgan fingerprint density at radius 2 is 1.82 bits per heavy atom. The minimum absolute atomic E-state index is 0.0695. The van der Waals surface area contributed by atoms with Crippen molar-refractivity contribution in [2.75, 3.05) is 5.32 Å². The molecule has 0 spiro atoms. The first-order valence-corrected chi connectivity index (χ1v) is 6.22. The molecule has 0 saturated carbocycles. The number of anilines is 1. The molecule has 0 saturated heterocycles. The number of rotatable bonds is 2. The second-order valence-corrected chi connectivity index (χ2v) is 4.56. The van der Waals surface area contributed by atoms with Gasteiger partial charge in [0.05, 0.1) is 5.56 Å². The Bertz CT molecular complexity index is 841. The Morgan fingerprint density at radius 3 is 2.59 bits per heavy atom. The average Bonchev–Trinajstić information content (AvgIpc) is 2.94. The van der Waals surface area contributed by atoms with Gasteiger partial charge in [0.25, 0.3) is 5.91 Å². The van der Waals surface area contributed by atoms with Gasteiger partial charge in [-0.2, -0.15) is 28.6 Å². The van der Waals surface area contributed by atoms with Gasteiger partial charge in [-0.05, 0) is 36.4 Å². The van der Waals surface area contributed by atoms with Crippen molar-refractivity contribution in [1.82, 2.24) is 15.4 Å². The van der Waals surface area contributed by atoms with E-state index in [0.29, 0.717) is 11.0 Å². The third-order valence-corrected chi connectivity index (χ3v) is 3.03. The molecule has 1 heterocycles. The zero-order chi connectivity index (χ0) is 15.7. The number of alkyl halides is 3. The summed E-state index contributed by atoms with van der Waals surface area (Å²) < 4.78 is 37.9. The van der Waals surface area contributed by atoms with Crippen LogP contribution in [0.4, 0.5) is 18.9 Å². The number of hydrogen-bond acceptors (Lipinski definition) is 3. The van der Waals surface area contributed by atoms with Gasteiger partial charge >= 0.3 is 6.18 Å². The van der Waals surface area contributed by atoms with E-state index in [2.05, 4.69) is 20.7 Å². The fourth-order valence-corrected chi connectivity index (χ4v) is 1.96. The van der Waals surface area contributed by atoms with Crippen LogP contribution in [0.1, 0.15) is 15.9 Å². The van der Waals surface area contributed by atoms with Crippen molar-refractivity contribution in [2.45, 2.75) is 6.18 Å². The van der Waals surface area contributed by atoms with Crippen LogP contribution in [0.3, 0.4) is 0 Å². The summed E-state index contributed by atoms with van der Waals surface area (Å²) in [7, 11) is 0. The van der Waals surface area contributed by atoms with E-state index in [4.69, 9.17) is 0 Å². The summed E-state index contributed by atoms with van der Waals surface area (Å²) in [5.41, 5.74) is 0.614. The summed E-state index contributed by atoms with van der Waals surface area (Å²) in [5, 5.41) is 12.6. The fourth-order valence-electron chi connectivity index (χ4n) is 1.96. The predicted molar refractivity (Wildman–Crippen MR) is 73.3 cm³/mol. The van der Waals surface area contributed by atoms with Crippen molar-refractivity contribution >= 4 is 22.6 Å². The molecule has 5 nitrogen and oxygen atoms in total. The molecule has 0 aliphatic rings. The van der Waals surface area contributed by atoms with Crippen molar-refractivity contribution in [2.24, 2.45) is 0 Å². The smallest absolute Gasteiger partial charge is 0.322 e. The molecule has 2 N–H and O–H groups in total. The van der Waals surface area contributed by atoms with E-state index in [9.17, 15) is 18.0 Å².